The van der Waals surface area contributed by atoms with Crippen LogP contribution in [0.1, 0.15) is 40.9 Å². The van der Waals surface area contributed by atoms with E-state index >= 15 is 0 Å². The van der Waals surface area contributed by atoms with Gasteiger partial charge in [0.2, 0.25) is 0 Å². The molecule has 3 aromatic carbocycles. The highest BCUT2D eigenvalue weighted by Gasteiger charge is 2.20. The van der Waals surface area contributed by atoms with Crippen LogP contribution in [-0.2, 0) is 26.0 Å². The quantitative estimate of drug-likeness (QED) is 0.449. The zero-order valence-electron chi connectivity index (χ0n) is 19.6. The van der Waals surface area contributed by atoms with Crippen molar-refractivity contribution in [1.29, 1.82) is 0 Å². The second-order valence-electron chi connectivity index (χ2n) is 8.04. The predicted molar refractivity (Wildman–Crippen MR) is 132 cm³/mol. The second-order valence-corrected chi connectivity index (χ2v) is 9.69. The molecule has 0 fully saturated rings. The summed E-state index contributed by atoms with van der Waals surface area (Å²) >= 11 is 0. The molecule has 0 spiro atoms. The average molecular weight is 481 g/mol. The van der Waals surface area contributed by atoms with Gasteiger partial charge >= 0.3 is 5.97 Å². The first kappa shape index (κ1) is 25.0. The summed E-state index contributed by atoms with van der Waals surface area (Å²) in [6.07, 6.45) is -0.116. The summed E-state index contributed by atoms with van der Waals surface area (Å²) in [6, 6.07) is 18.5. The van der Waals surface area contributed by atoms with E-state index in [-0.39, 0.29) is 10.5 Å². The van der Waals surface area contributed by atoms with Crippen LogP contribution in [0, 0.1) is 13.8 Å². The number of sulfonamides is 1. The lowest BCUT2D eigenvalue weighted by Crippen LogP contribution is -2.30. The molecule has 1 atom stereocenters. The van der Waals surface area contributed by atoms with Crippen molar-refractivity contribution in [1.82, 2.24) is 0 Å². The minimum Gasteiger partial charge on any atom is -0.449 e. The number of hydrogen-bond donors (Lipinski definition) is 2. The summed E-state index contributed by atoms with van der Waals surface area (Å²) in [4.78, 5) is 25.0. The Morgan fingerprint density at radius 1 is 0.912 bits per heavy atom. The fourth-order valence-corrected chi connectivity index (χ4v) is 4.62. The number of nitrogens with one attached hydrogen (secondary N) is 2. The van der Waals surface area contributed by atoms with Crippen LogP contribution in [0.15, 0.2) is 71.6 Å². The minimum atomic E-state index is -3.78. The molecule has 0 unspecified atom stereocenters. The Bertz CT molecular complexity index is 1280. The second kappa shape index (κ2) is 10.5. The summed E-state index contributed by atoms with van der Waals surface area (Å²) < 4.78 is 33.3. The smallest absolute Gasteiger partial charge is 0.338 e. The van der Waals surface area contributed by atoms with Crippen molar-refractivity contribution >= 4 is 33.3 Å². The molecule has 0 aliphatic heterocycles. The SMILES string of the molecule is CCc1ccc(NC(=O)[C@@H](C)OC(=O)c2ccc(NS(=O)(=O)c3cc(C)ccc3C)cc2)cc1. The van der Waals surface area contributed by atoms with Crippen LogP contribution >= 0.6 is 0 Å². The van der Waals surface area contributed by atoms with E-state index in [9.17, 15) is 18.0 Å². The van der Waals surface area contributed by atoms with E-state index < -0.39 is 28.0 Å². The molecule has 3 rings (SSSR count). The zero-order chi connectivity index (χ0) is 24.9. The van der Waals surface area contributed by atoms with Gasteiger partial charge in [0.1, 0.15) is 0 Å². The number of carbonyl (C=O) groups excluding carboxylic acids is 2. The van der Waals surface area contributed by atoms with Gasteiger partial charge in [0, 0.05) is 11.4 Å². The van der Waals surface area contributed by atoms with Crippen LogP contribution in [0.2, 0.25) is 0 Å². The number of hydrogen-bond acceptors (Lipinski definition) is 5. The van der Waals surface area contributed by atoms with Gasteiger partial charge in [0.05, 0.1) is 10.5 Å². The van der Waals surface area contributed by atoms with Gasteiger partial charge in [-0.2, -0.15) is 0 Å². The maximum absolute atomic E-state index is 12.8. The van der Waals surface area contributed by atoms with Crippen LogP contribution in [0.3, 0.4) is 0 Å². The summed E-state index contributed by atoms with van der Waals surface area (Å²) in [5.74, 6) is -1.14. The van der Waals surface area contributed by atoms with Gasteiger partial charge in [0.25, 0.3) is 15.9 Å². The molecule has 0 saturated heterocycles. The number of amides is 1. The molecule has 0 aromatic heterocycles. The molecule has 1 amide bonds. The van der Waals surface area contributed by atoms with E-state index in [0.29, 0.717) is 16.9 Å². The highest BCUT2D eigenvalue weighted by molar-refractivity contribution is 7.92. The van der Waals surface area contributed by atoms with Crippen molar-refractivity contribution in [2.75, 3.05) is 10.0 Å². The third-order valence-corrected chi connectivity index (χ3v) is 6.81. The number of esters is 1. The molecule has 0 aliphatic carbocycles. The molecule has 0 saturated carbocycles. The number of rotatable bonds is 8. The third-order valence-electron chi connectivity index (χ3n) is 5.29. The average Bonchev–Trinajstić information content (AvgIpc) is 2.81. The fourth-order valence-electron chi connectivity index (χ4n) is 3.23. The van der Waals surface area contributed by atoms with Crippen molar-refractivity contribution in [3.05, 3.63) is 89.0 Å². The Morgan fingerprint density at radius 3 is 2.15 bits per heavy atom. The van der Waals surface area contributed by atoms with Gasteiger partial charge in [0.15, 0.2) is 6.10 Å². The first-order valence-corrected chi connectivity index (χ1v) is 12.4. The Hall–Kier alpha value is -3.65. The monoisotopic (exact) mass is 480 g/mol. The largest absolute Gasteiger partial charge is 0.449 e. The Morgan fingerprint density at radius 2 is 1.53 bits per heavy atom. The number of carbonyl (C=O) groups is 2. The van der Waals surface area contributed by atoms with Gasteiger partial charge in [-0.15, -0.1) is 0 Å². The maximum Gasteiger partial charge on any atom is 0.338 e. The van der Waals surface area contributed by atoms with E-state index in [2.05, 4.69) is 10.0 Å². The van der Waals surface area contributed by atoms with Crippen molar-refractivity contribution in [2.24, 2.45) is 0 Å². The van der Waals surface area contributed by atoms with E-state index in [0.717, 1.165) is 17.5 Å². The molecule has 3 aromatic rings. The molecule has 34 heavy (non-hydrogen) atoms. The van der Waals surface area contributed by atoms with Crippen molar-refractivity contribution in [3.63, 3.8) is 0 Å². The first-order chi connectivity index (χ1) is 16.1. The lowest BCUT2D eigenvalue weighted by Gasteiger charge is -2.14. The van der Waals surface area contributed by atoms with Gasteiger partial charge in [-0.25, -0.2) is 13.2 Å². The summed E-state index contributed by atoms with van der Waals surface area (Å²) in [6.45, 7) is 7.08. The third kappa shape index (κ3) is 6.23. The van der Waals surface area contributed by atoms with Gasteiger partial charge in [-0.3, -0.25) is 9.52 Å². The number of anilines is 2. The van der Waals surface area contributed by atoms with Gasteiger partial charge in [-0.05, 0) is 86.3 Å². The molecule has 0 aliphatic rings. The normalized spacial score (nSPS) is 12.0. The topological polar surface area (TPSA) is 102 Å². The molecule has 178 valence electrons. The van der Waals surface area contributed by atoms with E-state index in [4.69, 9.17) is 4.74 Å². The highest BCUT2D eigenvalue weighted by atomic mass is 32.2. The van der Waals surface area contributed by atoms with Gasteiger partial charge in [-0.1, -0.05) is 31.2 Å². The number of benzene rings is 3. The van der Waals surface area contributed by atoms with Crippen molar-refractivity contribution < 1.29 is 22.7 Å². The van der Waals surface area contributed by atoms with E-state index in [1.807, 2.05) is 32.0 Å². The summed E-state index contributed by atoms with van der Waals surface area (Å²) in [5, 5.41) is 2.72. The lowest BCUT2D eigenvalue weighted by atomic mass is 10.1. The number of ether oxygens (including phenoxy) is 1. The highest BCUT2D eigenvalue weighted by Crippen LogP contribution is 2.21. The van der Waals surface area contributed by atoms with Crippen molar-refractivity contribution in [2.45, 2.75) is 45.1 Å². The van der Waals surface area contributed by atoms with Gasteiger partial charge < -0.3 is 10.1 Å². The van der Waals surface area contributed by atoms with Crippen LogP contribution in [0.25, 0.3) is 0 Å². The zero-order valence-corrected chi connectivity index (χ0v) is 20.4. The van der Waals surface area contributed by atoms with Crippen LogP contribution in [0.4, 0.5) is 11.4 Å². The molecule has 0 radical (unpaired) electrons. The Kier molecular flexibility index (Phi) is 7.73. The number of aryl methyl sites for hydroxylation is 3. The molecule has 7 nitrogen and oxygen atoms in total. The molecular weight excluding hydrogens is 452 g/mol. The van der Waals surface area contributed by atoms with E-state index in [1.54, 1.807) is 31.2 Å². The van der Waals surface area contributed by atoms with Crippen LogP contribution < -0.4 is 10.0 Å². The van der Waals surface area contributed by atoms with Crippen LogP contribution in [0.5, 0.6) is 0 Å². The maximum atomic E-state index is 12.8. The Balaban J connectivity index is 1.61. The summed E-state index contributed by atoms with van der Waals surface area (Å²) in [7, 11) is -3.78. The molecule has 8 heteroatoms. The van der Waals surface area contributed by atoms with Crippen LogP contribution in [-0.4, -0.2) is 26.4 Å². The molecular formula is C26H28N2O5S. The van der Waals surface area contributed by atoms with E-state index in [1.165, 1.54) is 31.2 Å². The van der Waals surface area contributed by atoms with Crippen molar-refractivity contribution in [3.8, 4) is 0 Å². The molecule has 0 heterocycles. The Labute approximate surface area is 200 Å². The summed E-state index contributed by atoms with van der Waals surface area (Å²) in [5.41, 5.74) is 3.73. The molecule has 0 bridgehead atoms. The minimum absolute atomic E-state index is 0.195. The predicted octanol–water partition coefficient (Wildman–Crippen LogP) is 4.85. The molecule has 2 N–H and O–H groups in total. The fraction of sp³-hybridized carbons (Fsp3) is 0.231. The lowest BCUT2D eigenvalue weighted by molar-refractivity contribution is -0.123. The first-order valence-electron chi connectivity index (χ1n) is 10.9. The standard InChI is InChI=1S/C26H28N2O5S/c1-5-20-8-12-22(13-9-20)27-25(29)19(4)33-26(30)21-10-14-23(15-11-21)28-34(31,32)24-16-17(2)6-7-18(24)3/h6-16,19,28H,5H2,1-4H3,(H,27,29)/t19-/m1/s1.